The Morgan fingerprint density at radius 1 is 0.786 bits per heavy atom. The van der Waals surface area contributed by atoms with E-state index in [1.807, 2.05) is 6.07 Å². The number of ketones is 1. The normalized spacial score (nSPS) is 10.9. The van der Waals surface area contributed by atoms with Crippen LogP contribution < -0.4 is 5.32 Å². The van der Waals surface area contributed by atoms with E-state index in [2.05, 4.69) is 5.32 Å². The van der Waals surface area contributed by atoms with Crippen molar-refractivity contribution >= 4 is 28.1 Å². The highest BCUT2D eigenvalue weighted by Crippen LogP contribution is 2.21. The molecule has 1 rings (SSSR count). The van der Waals surface area contributed by atoms with E-state index in [0.717, 1.165) is 30.8 Å². The van der Waals surface area contributed by atoms with Crippen LogP contribution in [0.3, 0.4) is 0 Å². The van der Waals surface area contributed by atoms with Gasteiger partial charge in [0.2, 0.25) is 0 Å². The maximum Gasteiger partial charge on any atom is 0.345 e. The number of carboxylic acid groups (broad SMARTS) is 1. The molecular weight excluding hydrogens is 370 g/mol. The molecule has 0 spiro atoms. The van der Waals surface area contributed by atoms with Crippen LogP contribution in [0.2, 0.25) is 0 Å². The number of carbonyl (C=O) groups excluding carboxylic acids is 1. The fourth-order valence-electron chi connectivity index (χ4n) is 3.38. The summed E-state index contributed by atoms with van der Waals surface area (Å²) in [7, 11) is 0. The summed E-state index contributed by atoms with van der Waals surface area (Å²) in [5, 5.41) is 13.2. The first kappa shape index (κ1) is 24.7. The lowest BCUT2D eigenvalue weighted by molar-refractivity contribution is -0.117. The van der Waals surface area contributed by atoms with Gasteiger partial charge in [-0.25, -0.2) is 4.79 Å². The predicted octanol–water partition coefficient (Wildman–Crippen LogP) is 7.30. The van der Waals surface area contributed by atoms with Gasteiger partial charge in [0.1, 0.15) is 10.7 Å². The molecule has 0 amide bonds. The highest BCUT2D eigenvalue weighted by atomic mass is 32.1. The molecule has 0 atom stereocenters. The van der Waals surface area contributed by atoms with Crippen molar-refractivity contribution in [2.45, 2.75) is 103 Å². The van der Waals surface area contributed by atoms with Gasteiger partial charge in [0.05, 0.1) is 5.00 Å². The van der Waals surface area contributed by atoms with Crippen LogP contribution in [0, 0.1) is 0 Å². The highest BCUT2D eigenvalue weighted by Gasteiger charge is 2.05. The van der Waals surface area contributed by atoms with Crippen molar-refractivity contribution in [1.82, 2.24) is 0 Å². The van der Waals surface area contributed by atoms with Gasteiger partial charge in [0, 0.05) is 13.0 Å². The van der Waals surface area contributed by atoms with Gasteiger partial charge < -0.3 is 15.2 Å². The molecular formula is C23H39NO3S. The molecule has 0 aromatic carbocycles. The van der Waals surface area contributed by atoms with Crippen LogP contribution in [-0.2, 0) is 4.79 Å². The van der Waals surface area contributed by atoms with E-state index in [-0.39, 0.29) is 0 Å². The van der Waals surface area contributed by atoms with E-state index in [0.29, 0.717) is 10.7 Å². The molecule has 0 unspecified atom stereocenters. The number of hydrogen-bond donors (Lipinski definition) is 2. The summed E-state index contributed by atoms with van der Waals surface area (Å²) in [5.74, 6) is -0.523. The third-order valence-corrected chi connectivity index (χ3v) is 6.10. The number of unbranched alkanes of at least 4 members (excludes halogenated alkanes) is 13. The van der Waals surface area contributed by atoms with Gasteiger partial charge >= 0.3 is 5.97 Å². The van der Waals surface area contributed by atoms with Crippen LogP contribution in [-0.4, -0.2) is 23.4 Å². The van der Waals surface area contributed by atoms with Gasteiger partial charge in [-0.3, -0.25) is 0 Å². The zero-order valence-electron chi connectivity index (χ0n) is 17.6. The summed E-state index contributed by atoms with van der Waals surface area (Å²) in [6.07, 6.45) is 18.9. The van der Waals surface area contributed by atoms with Crippen molar-refractivity contribution in [1.29, 1.82) is 0 Å². The van der Waals surface area contributed by atoms with Crippen LogP contribution >= 0.6 is 11.3 Å². The van der Waals surface area contributed by atoms with Gasteiger partial charge in [0.15, 0.2) is 0 Å². The third-order valence-electron chi connectivity index (χ3n) is 5.07. The van der Waals surface area contributed by atoms with Gasteiger partial charge in [-0.15, -0.1) is 11.3 Å². The molecule has 2 N–H and O–H groups in total. The van der Waals surface area contributed by atoms with E-state index in [1.54, 1.807) is 13.0 Å². The Hall–Kier alpha value is -1.36. The lowest BCUT2D eigenvalue weighted by Gasteiger charge is -2.04. The Bertz CT molecular complexity index is 542. The van der Waals surface area contributed by atoms with Crippen molar-refractivity contribution in [3.63, 3.8) is 0 Å². The molecule has 0 aliphatic heterocycles. The smallest absolute Gasteiger partial charge is 0.345 e. The average molecular weight is 410 g/mol. The number of thiophene rings is 1. The summed E-state index contributed by atoms with van der Waals surface area (Å²) in [4.78, 5) is 22.1. The second kappa shape index (κ2) is 16.6. The number of anilines is 1. The molecule has 0 fully saturated rings. The second-order valence-electron chi connectivity index (χ2n) is 7.80. The molecule has 0 saturated heterocycles. The molecule has 28 heavy (non-hydrogen) atoms. The van der Waals surface area contributed by atoms with Gasteiger partial charge in [-0.1, -0.05) is 77.0 Å². The lowest BCUT2D eigenvalue weighted by atomic mass is 10.0. The summed E-state index contributed by atoms with van der Waals surface area (Å²) in [5.41, 5.74) is 0. The molecule has 0 saturated carbocycles. The lowest BCUT2D eigenvalue weighted by Crippen LogP contribution is -1.99. The maximum absolute atomic E-state index is 10.8. The number of Topliss-reactive ketones (excluding diaryl/α,β-unsaturated/α-hetero) is 1. The molecule has 5 heteroatoms. The molecule has 160 valence electrons. The van der Waals surface area contributed by atoms with Crippen molar-refractivity contribution in [3.8, 4) is 0 Å². The highest BCUT2D eigenvalue weighted by molar-refractivity contribution is 7.17. The summed E-state index contributed by atoms with van der Waals surface area (Å²) < 4.78 is 0. The zero-order chi connectivity index (χ0) is 20.5. The SMILES string of the molecule is CC(=O)CCCCCCCCCCCCCCCCNc1ccc(C(=O)O)s1. The van der Waals surface area contributed by atoms with Crippen LogP contribution in [0.1, 0.15) is 113 Å². The molecule has 1 heterocycles. The number of nitrogens with one attached hydrogen (secondary N) is 1. The van der Waals surface area contributed by atoms with Crippen LogP contribution in [0.5, 0.6) is 0 Å². The maximum atomic E-state index is 10.8. The molecule has 0 bridgehead atoms. The molecule has 0 aliphatic rings. The fraction of sp³-hybridized carbons (Fsp3) is 0.739. The van der Waals surface area contributed by atoms with Crippen molar-refractivity contribution in [2.24, 2.45) is 0 Å². The standard InChI is InChI=1S/C23H39NO3S/c1-20(25)16-14-12-10-8-6-4-2-3-5-7-9-11-13-15-19-24-22-18-17-21(28-22)23(26)27/h17-18,24H,2-16,19H2,1H3,(H,26,27). The van der Waals surface area contributed by atoms with Crippen molar-refractivity contribution in [3.05, 3.63) is 17.0 Å². The average Bonchev–Trinajstić information content (AvgIpc) is 3.13. The Morgan fingerprint density at radius 2 is 1.25 bits per heavy atom. The number of hydrogen-bond acceptors (Lipinski definition) is 4. The molecule has 1 aromatic heterocycles. The quantitative estimate of drug-likeness (QED) is 0.235. The minimum Gasteiger partial charge on any atom is -0.477 e. The molecule has 0 radical (unpaired) electrons. The first-order chi connectivity index (χ1) is 13.6. The molecule has 0 aliphatic carbocycles. The largest absolute Gasteiger partial charge is 0.477 e. The number of carboxylic acids is 1. The van der Waals surface area contributed by atoms with Crippen LogP contribution in [0.25, 0.3) is 0 Å². The number of carbonyl (C=O) groups is 2. The summed E-state index contributed by atoms with van der Waals surface area (Å²) in [6.45, 7) is 2.61. The Labute approximate surface area is 175 Å². The van der Waals surface area contributed by atoms with Crippen LogP contribution in [0.15, 0.2) is 12.1 Å². The number of rotatable bonds is 19. The fourth-order valence-corrected chi connectivity index (χ4v) is 4.15. The van der Waals surface area contributed by atoms with E-state index in [9.17, 15) is 9.59 Å². The monoisotopic (exact) mass is 409 g/mol. The second-order valence-corrected chi connectivity index (χ2v) is 8.88. The summed E-state index contributed by atoms with van der Waals surface area (Å²) >= 11 is 1.31. The first-order valence-electron chi connectivity index (χ1n) is 11.2. The predicted molar refractivity (Wildman–Crippen MR) is 120 cm³/mol. The van der Waals surface area contributed by atoms with Gasteiger partial charge in [0.25, 0.3) is 0 Å². The van der Waals surface area contributed by atoms with Crippen LogP contribution in [0.4, 0.5) is 5.00 Å². The van der Waals surface area contributed by atoms with E-state index >= 15 is 0 Å². The van der Waals surface area contributed by atoms with E-state index < -0.39 is 5.97 Å². The van der Waals surface area contributed by atoms with E-state index in [4.69, 9.17) is 5.11 Å². The summed E-state index contributed by atoms with van der Waals surface area (Å²) in [6, 6.07) is 3.51. The molecule has 1 aromatic rings. The minimum atomic E-state index is -0.848. The molecule has 4 nitrogen and oxygen atoms in total. The minimum absolute atomic E-state index is 0.325. The first-order valence-corrected chi connectivity index (χ1v) is 12.0. The Morgan fingerprint density at radius 3 is 1.68 bits per heavy atom. The van der Waals surface area contributed by atoms with Crippen molar-refractivity contribution in [2.75, 3.05) is 11.9 Å². The third kappa shape index (κ3) is 13.8. The number of aromatic carboxylic acids is 1. The zero-order valence-corrected chi connectivity index (χ0v) is 18.5. The van der Waals surface area contributed by atoms with E-state index in [1.165, 1.54) is 88.4 Å². The topological polar surface area (TPSA) is 66.4 Å². The van der Waals surface area contributed by atoms with Gasteiger partial charge in [-0.05, 0) is 31.9 Å². The Balaban J connectivity index is 1.76. The van der Waals surface area contributed by atoms with Crippen molar-refractivity contribution < 1.29 is 14.7 Å². The Kier molecular flexibility index (Phi) is 14.6. The van der Waals surface area contributed by atoms with Gasteiger partial charge in [-0.2, -0.15) is 0 Å².